The zero-order valence-corrected chi connectivity index (χ0v) is 14.1. The number of carbonyl (C=O) groups excluding carboxylic acids is 1. The summed E-state index contributed by atoms with van der Waals surface area (Å²) in [6.45, 7) is 5.02. The smallest absolute Gasteiger partial charge is 0.161 e. The van der Waals surface area contributed by atoms with Crippen LogP contribution in [-0.2, 0) is 0 Å². The molecule has 4 heteroatoms. The van der Waals surface area contributed by atoms with Gasteiger partial charge in [0.1, 0.15) is 0 Å². The minimum atomic E-state index is 0.122. The maximum absolute atomic E-state index is 11.8. The zero-order valence-electron chi connectivity index (χ0n) is 12.5. The lowest BCUT2D eigenvalue weighted by Crippen LogP contribution is -2.36. The molecule has 1 fully saturated rings. The third-order valence-corrected chi connectivity index (χ3v) is 4.61. The number of likely N-dealkylation sites (tertiary alicyclic amines) is 1. The molecule has 0 atom stereocenters. The predicted molar refractivity (Wildman–Crippen MR) is 87.6 cm³/mol. The van der Waals surface area contributed by atoms with Crippen molar-refractivity contribution in [1.29, 1.82) is 0 Å². The van der Waals surface area contributed by atoms with Crippen LogP contribution in [0, 0.1) is 5.92 Å². The van der Waals surface area contributed by atoms with Gasteiger partial charge in [0.2, 0.25) is 0 Å². The van der Waals surface area contributed by atoms with Gasteiger partial charge in [-0.3, -0.25) is 4.79 Å². The Morgan fingerprint density at radius 2 is 2.05 bits per heavy atom. The summed E-state index contributed by atoms with van der Waals surface area (Å²) in [7, 11) is 4.27. The summed E-state index contributed by atoms with van der Waals surface area (Å²) in [6, 6.07) is 5.96. The summed E-state index contributed by atoms with van der Waals surface area (Å²) in [6.07, 6.45) is 2.49. The lowest BCUT2D eigenvalue weighted by molar-refractivity contribution is 0.101. The molecule has 0 aromatic heterocycles. The first-order valence-corrected chi connectivity index (χ1v) is 7.97. The number of halogens is 1. The number of piperidine rings is 1. The Labute approximate surface area is 130 Å². The molecule has 20 heavy (non-hydrogen) atoms. The second kappa shape index (κ2) is 6.72. The zero-order chi connectivity index (χ0) is 14.7. The molecule has 0 N–H and O–H groups in total. The Bertz CT molecular complexity index is 481. The van der Waals surface area contributed by atoms with Crippen molar-refractivity contribution in [3.63, 3.8) is 0 Å². The number of anilines is 1. The molecule has 1 aliphatic rings. The summed E-state index contributed by atoms with van der Waals surface area (Å²) in [5.41, 5.74) is 1.84. The van der Waals surface area contributed by atoms with E-state index in [0.717, 1.165) is 28.2 Å². The van der Waals surface area contributed by atoms with Gasteiger partial charge in [0.15, 0.2) is 5.78 Å². The van der Waals surface area contributed by atoms with Crippen LogP contribution in [0.4, 0.5) is 5.69 Å². The van der Waals surface area contributed by atoms with E-state index in [0.29, 0.717) is 0 Å². The number of Topliss-reactive ketones (excluding diaryl/α,β-unsaturated/α-hetero) is 1. The van der Waals surface area contributed by atoms with E-state index in [4.69, 9.17) is 0 Å². The van der Waals surface area contributed by atoms with Crippen molar-refractivity contribution in [1.82, 2.24) is 4.90 Å². The van der Waals surface area contributed by atoms with E-state index in [-0.39, 0.29) is 5.78 Å². The van der Waals surface area contributed by atoms with Crippen molar-refractivity contribution in [3.8, 4) is 0 Å². The number of rotatable bonds is 4. The van der Waals surface area contributed by atoms with E-state index in [9.17, 15) is 4.79 Å². The fourth-order valence-corrected chi connectivity index (χ4v) is 3.21. The van der Waals surface area contributed by atoms with E-state index in [1.54, 1.807) is 6.92 Å². The van der Waals surface area contributed by atoms with E-state index in [1.165, 1.54) is 25.9 Å². The first-order chi connectivity index (χ1) is 9.47. The highest BCUT2D eigenvalue weighted by Crippen LogP contribution is 2.26. The van der Waals surface area contributed by atoms with Crippen molar-refractivity contribution in [2.24, 2.45) is 5.92 Å². The first kappa shape index (κ1) is 15.5. The molecular formula is C16H23BrN2O. The van der Waals surface area contributed by atoms with Gasteiger partial charge in [0, 0.05) is 29.3 Å². The standard InChI is InChI=1S/C16H23BrN2O/c1-12(20)15-10-14(17)4-5-16(15)19(3)11-13-6-8-18(2)9-7-13/h4-5,10,13H,6-9,11H2,1-3H3. The lowest BCUT2D eigenvalue weighted by atomic mass is 9.96. The van der Waals surface area contributed by atoms with E-state index >= 15 is 0 Å². The number of hydrogen-bond donors (Lipinski definition) is 0. The molecule has 1 aliphatic heterocycles. The Balaban J connectivity index is 2.09. The molecule has 0 bridgehead atoms. The third-order valence-electron chi connectivity index (χ3n) is 4.12. The number of ketones is 1. The molecule has 1 aromatic carbocycles. The largest absolute Gasteiger partial charge is 0.374 e. The molecule has 0 radical (unpaired) electrons. The Morgan fingerprint density at radius 3 is 2.65 bits per heavy atom. The summed E-state index contributed by atoms with van der Waals surface area (Å²) in [5, 5.41) is 0. The number of benzene rings is 1. The summed E-state index contributed by atoms with van der Waals surface area (Å²) >= 11 is 3.44. The van der Waals surface area contributed by atoms with Crippen LogP contribution in [0.5, 0.6) is 0 Å². The number of nitrogens with zero attached hydrogens (tertiary/aromatic N) is 2. The van der Waals surface area contributed by atoms with Gasteiger partial charge in [-0.2, -0.15) is 0 Å². The first-order valence-electron chi connectivity index (χ1n) is 7.17. The van der Waals surface area contributed by atoms with Gasteiger partial charge >= 0.3 is 0 Å². The van der Waals surface area contributed by atoms with E-state index in [2.05, 4.69) is 39.8 Å². The molecule has 0 amide bonds. The average Bonchev–Trinajstić information content (AvgIpc) is 2.41. The second-order valence-electron chi connectivity index (χ2n) is 5.84. The molecule has 0 spiro atoms. The Kier molecular flexibility index (Phi) is 5.22. The topological polar surface area (TPSA) is 23.6 Å². The molecule has 0 unspecified atom stereocenters. The van der Waals surface area contributed by atoms with Crippen molar-refractivity contribution in [2.45, 2.75) is 19.8 Å². The van der Waals surface area contributed by atoms with Crippen LogP contribution in [0.1, 0.15) is 30.1 Å². The van der Waals surface area contributed by atoms with Gasteiger partial charge in [-0.15, -0.1) is 0 Å². The Hall–Kier alpha value is -0.870. The minimum Gasteiger partial charge on any atom is -0.374 e. The fourth-order valence-electron chi connectivity index (χ4n) is 2.85. The van der Waals surface area contributed by atoms with Crippen molar-refractivity contribution >= 4 is 27.4 Å². The normalized spacial score (nSPS) is 17.2. The third kappa shape index (κ3) is 3.83. The summed E-state index contributed by atoms with van der Waals surface area (Å²) in [5.74, 6) is 0.844. The average molecular weight is 339 g/mol. The monoisotopic (exact) mass is 338 g/mol. The maximum atomic E-state index is 11.8. The summed E-state index contributed by atoms with van der Waals surface area (Å²) < 4.78 is 0.958. The van der Waals surface area contributed by atoms with Crippen molar-refractivity contribution < 1.29 is 4.79 Å². The van der Waals surface area contributed by atoms with E-state index < -0.39 is 0 Å². The fraction of sp³-hybridized carbons (Fsp3) is 0.562. The number of hydrogen-bond acceptors (Lipinski definition) is 3. The van der Waals surface area contributed by atoms with Crippen LogP contribution in [0.3, 0.4) is 0 Å². The Morgan fingerprint density at radius 1 is 1.40 bits per heavy atom. The van der Waals surface area contributed by atoms with Crippen LogP contribution >= 0.6 is 15.9 Å². The molecule has 110 valence electrons. The van der Waals surface area contributed by atoms with Gasteiger partial charge in [-0.1, -0.05) is 15.9 Å². The molecule has 0 saturated carbocycles. The van der Waals surface area contributed by atoms with Gasteiger partial charge in [0.25, 0.3) is 0 Å². The molecule has 1 saturated heterocycles. The molecule has 1 aromatic rings. The highest BCUT2D eigenvalue weighted by atomic mass is 79.9. The molecule has 2 rings (SSSR count). The van der Waals surface area contributed by atoms with Gasteiger partial charge in [-0.05, 0) is 64.0 Å². The highest BCUT2D eigenvalue weighted by Gasteiger charge is 2.20. The van der Waals surface area contributed by atoms with Crippen LogP contribution in [-0.4, -0.2) is 44.4 Å². The molecule has 3 nitrogen and oxygen atoms in total. The highest BCUT2D eigenvalue weighted by molar-refractivity contribution is 9.10. The summed E-state index contributed by atoms with van der Waals surface area (Å²) in [4.78, 5) is 16.4. The van der Waals surface area contributed by atoms with Crippen molar-refractivity contribution in [2.75, 3.05) is 38.6 Å². The van der Waals surface area contributed by atoms with E-state index in [1.807, 2.05) is 18.2 Å². The lowest BCUT2D eigenvalue weighted by Gasteiger charge is -2.33. The van der Waals surface area contributed by atoms with Gasteiger partial charge in [0.05, 0.1) is 0 Å². The SMILES string of the molecule is CC(=O)c1cc(Br)ccc1N(C)CC1CCN(C)CC1. The minimum absolute atomic E-state index is 0.122. The predicted octanol–water partition coefficient (Wildman–Crippen LogP) is 3.43. The van der Waals surface area contributed by atoms with Crippen LogP contribution in [0.2, 0.25) is 0 Å². The van der Waals surface area contributed by atoms with Crippen LogP contribution in [0.25, 0.3) is 0 Å². The van der Waals surface area contributed by atoms with Gasteiger partial charge in [-0.25, -0.2) is 0 Å². The van der Waals surface area contributed by atoms with Crippen LogP contribution in [0.15, 0.2) is 22.7 Å². The van der Waals surface area contributed by atoms with Gasteiger partial charge < -0.3 is 9.80 Å². The number of carbonyl (C=O) groups is 1. The maximum Gasteiger partial charge on any atom is 0.161 e. The molecule has 1 heterocycles. The second-order valence-corrected chi connectivity index (χ2v) is 6.76. The van der Waals surface area contributed by atoms with Crippen molar-refractivity contribution in [3.05, 3.63) is 28.2 Å². The quantitative estimate of drug-likeness (QED) is 0.786. The molecule has 0 aliphatic carbocycles. The van der Waals surface area contributed by atoms with Crippen LogP contribution < -0.4 is 4.90 Å². The molecular weight excluding hydrogens is 316 g/mol.